The molecule has 0 radical (unpaired) electrons. The van der Waals surface area contributed by atoms with Crippen molar-refractivity contribution in [3.05, 3.63) is 0 Å². The lowest BCUT2D eigenvalue weighted by Crippen LogP contribution is -2.08. The van der Waals surface area contributed by atoms with Gasteiger partial charge in [-0.3, -0.25) is 0 Å². The molecule has 0 saturated carbocycles. The first-order valence-electron chi connectivity index (χ1n) is 3.06. The lowest BCUT2D eigenvalue weighted by atomic mass is 10.2. The van der Waals surface area contributed by atoms with E-state index < -0.39 is 0 Å². The Morgan fingerprint density at radius 3 is 2.67 bits per heavy atom. The van der Waals surface area contributed by atoms with Crippen LogP contribution in [-0.4, -0.2) is 10.5 Å². The van der Waals surface area contributed by atoms with Crippen LogP contribution in [0.3, 0.4) is 0 Å². The first-order valence-corrected chi connectivity index (χ1v) is 3.92. The SMILES string of the molecule is CCC[C@@H](C)OC(=S)S. The maximum Gasteiger partial charge on any atom is 0.217 e. The van der Waals surface area contributed by atoms with Gasteiger partial charge in [0.2, 0.25) is 4.38 Å². The van der Waals surface area contributed by atoms with Crippen molar-refractivity contribution in [3.8, 4) is 0 Å². The van der Waals surface area contributed by atoms with Crippen LogP contribution in [-0.2, 0) is 4.74 Å². The molecule has 0 aliphatic carbocycles. The van der Waals surface area contributed by atoms with Crippen LogP contribution >= 0.6 is 24.8 Å². The molecule has 0 amide bonds. The molecule has 0 aliphatic rings. The lowest BCUT2D eigenvalue weighted by Gasteiger charge is -2.10. The third-order valence-corrected chi connectivity index (χ3v) is 1.20. The van der Waals surface area contributed by atoms with Crippen LogP contribution in [0, 0.1) is 0 Å². The molecule has 1 nitrogen and oxygen atoms in total. The molecule has 0 heterocycles. The largest absolute Gasteiger partial charge is 0.476 e. The highest BCUT2D eigenvalue weighted by Gasteiger charge is 1.99. The fourth-order valence-electron chi connectivity index (χ4n) is 0.638. The van der Waals surface area contributed by atoms with Crippen LogP contribution in [0.1, 0.15) is 26.7 Å². The van der Waals surface area contributed by atoms with Gasteiger partial charge >= 0.3 is 0 Å². The summed E-state index contributed by atoms with van der Waals surface area (Å²) < 4.78 is 5.43. The highest BCUT2D eigenvalue weighted by Crippen LogP contribution is 2.02. The quantitative estimate of drug-likeness (QED) is 0.506. The zero-order valence-electron chi connectivity index (χ0n) is 5.76. The molecule has 0 saturated heterocycles. The van der Waals surface area contributed by atoms with Crippen LogP contribution in [0.5, 0.6) is 0 Å². The predicted octanol–water partition coefficient (Wildman–Crippen LogP) is 2.41. The van der Waals surface area contributed by atoms with E-state index in [0.29, 0.717) is 4.38 Å². The Kier molecular flexibility index (Phi) is 5.19. The molecule has 0 bridgehead atoms. The van der Waals surface area contributed by atoms with Gasteiger partial charge in [-0.1, -0.05) is 26.0 Å². The molecule has 1 atom stereocenters. The molecular weight excluding hydrogens is 152 g/mol. The summed E-state index contributed by atoms with van der Waals surface area (Å²) in [5.41, 5.74) is 0. The zero-order chi connectivity index (χ0) is 7.28. The minimum atomic E-state index is 0.222. The van der Waals surface area contributed by atoms with E-state index in [9.17, 15) is 0 Å². The summed E-state index contributed by atoms with van der Waals surface area (Å²) in [4.78, 5) is 0. The third-order valence-electron chi connectivity index (χ3n) is 0.997. The van der Waals surface area contributed by atoms with Gasteiger partial charge in [-0.05, 0) is 25.6 Å². The van der Waals surface area contributed by atoms with E-state index in [0.717, 1.165) is 12.8 Å². The Morgan fingerprint density at radius 1 is 1.78 bits per heavy atom. The summed E-state index contributed by atoms with van der Waals surface area (Å²) in [6.07, 6.45) is 2.39. The van der Waals surface area contributed by atoms with Gasteiger partial charge in [0, 0.05) is 0 Å². The minimum absolute atomic E-state index is 0.222. The Bertz CT molecular complexity index is 93.1. The minimum Gasteiger partial charge on any atom is -0.476 e. The molecule has 54 valence electrons. The van der Waals surface area contributed by atoms with Crippen molar-refractivity contribution in [2.75, 3.05) is 0 Å². The summed E-state index contributed by atoms with van der Waals surface area (Å²) in [5.74, 6) is 0. The number of hydrogen-bond acceptors (Lipinski definition) is 2. The maximum atomic E-state index is 5.09. The second-order valence-electron chi connectivity index (χ2n) is 1.98. The highest BCUT2D eigenvalue weighted by molar-refractivity contribution is 8.10. The van der Waals surface area contributed by atoms with E-state index in [1.54, 1.807) is 0 Å². The molecule has 0 aliphatic heterocycles. The van der Waals surface area contributed by atoms with E-state index in [1.807, 2.05) is 6.92 Å². The summed E-state index contributed by atoms with van der Waals surface area (Å²) in [7, 11) is 0. The fourth-order valence-corrected chi connectivity index (χ4v) is 0.982. The molecule has 0 spiro atoms. The van der Waals surface area contributed by atoms with Crippen molar-refractivity contribution in [2.45, 2.75) is 32.8 Å². The number of rotatable bonds is 3. The van der Waals surface area contributed by atoms with Crippen molar-refractivity contribution >= 4 is 29.2 Å². The Labute approximate surface area is 67.2 Å². The normalized spacial score (nSPS) is 12.8. The van der Waals surface area contributed by atoms with Gasteiger partial charge in [-0.25, -0.2) is 0 Å². The standard InChI is InChI=1S/C6H12OS2/c1-3-4-5(2)7-6(8)9/h5H,3-4H2,1-2H3,(H,8,9)/t5-/m1/s1. The van der Waals surface area contributed by atoms with E-state index in [1.165, 1.54) is 0 Å². The van der Waals surface area contributed by atoms with Gasteiger partial charge in [0.15, 0.2) is 0 Å². The molecule has 0 N–H and O–H groups in total. The average Bonchev–Trinajstić information content (AvgIpc) is 1.63. The number of thiocarbonyl (C=S) groups is 1. The lowest BCUT2D eigenvalue weighted by molar-refractivity contribution is 0.209. The molecule has 0 unspecified atom stereocenters. The Morgan fingerprint density at radius 2 is 2.33 bits per heavy atom. The second-order valence-corrected chi connectivity index (χ2v) is 3.06. The highest BCUT2D eigenvalue weighted by atomic mass is 32.1. The number of ether oxygens (including phenoxy) is 1. The van der Waals surface area contributed by atoms with Crippen molar-refractivity contribution in [1.82, 2.24) is 0 Å². The zero-order valence-corrected chi connectivity index (χ0v) is 7.47. The first kappa shape index (κ1) is 9.24. The van der Waals surface area contributed by atoms with Crippen molar-refractivity contribution < 1.29 is 4.74 Å². The molecular formula is C6H12OS2. The molecule has 9 heavy (non-hydrogen) atoms. The van der Waals surface area contributed by atoms with Crippen LogP contribution in [0.4, 0.5) is 0 Å². The summed E-state index contributed by atoms with van der Waals surface area (Å²) in [6, 6.07) is 0. The molecule has 0 aromatic rings. The molecule has 3 heteroatoms. The van der Waals surface area contributed by atoms with Gasteiger partial charge in [-0.15, -0.1) is 0 Å². The third kappa shape index (κ3) is 6.12. The first-order chi connectivity index (χ1) is 4.16. The smallest absolute Gasteiger partial charge is 0.217 e. The van der Waals surface area contributed by atoms with Crippen LogP contribution in [0.25, 0.3) is 0 Å². The van der Waals surface area contributed by atoms with Crippen molar-refractivity contribution in [2.24, 2.45) is 0 Å². The maximum absolute atomic E-state index is 5.09. The van der Waals surface area contributed by atoms with Crippen LogP contribution < -0.4 is 0 Å². The summed E-state index contributed by atoms with van der Waals surface area (Å²) >= 11 is 8.47. The van der Waals surface area contributed by atoms with Gasteiger partial charge in [0.25, 0.3) is 0 Å². The van der Waals surface area contributed by atoms with E-state index in [2.05, 4.69) is 31.8 Å². The molecule has 0 rings (SSSR count). The van der Waals surface area contributed by atoms with Crippen LogP contribution in [0.2, 0.25) is 0 Å². The van der Waals surface area contributed by atoms with Crippen molar-refractivity contribution in [3.63, 3.8) is 0 Å². The second kappa shape index (κ2) is 5.06. The topological polar surface area (TPSA) is 9.23 Å². The van der Waals surface area contributed by atoms with Crippen molar-refractivity contribution in [1.29, 1.82) is 0 Å². The van der Waals surface area contributed by atoms with Gasteiger partial charge in [0.05, 0.1) is 6.10 Å². The monoisotopic (exact) mass is 164 g/mol. The Hall–Kier alpha value is 0.240. The van der Waals surface area contributed by atoms with Gasteiger partial charge < -0.3 is 4.74 Å². The van der Waals surface area contributed by atoms with Crippen LogP contribution in [0.15, 0.2) is 0 Å². The predicted molar refractivity (Wildman–Crippen MR) is 47.0 cm³/mol. The Balaban J connectivity index is 3.26. The summed E-state index contributed by atoms with van der Waals surface area (Å²) in [5, 5.41) is 0. The van der Waals surface area contributed by atoms with E-state index in [4.69, 9.17) is 4.74 Å². The molecule has 0 aromatic carbocycles. The van der Waals surface area contributed by atoms with E-state index in [-0.39, 0.29) is 6.10 Å². The average molecular weight is 164 g/mol. The summed E-state index contributed by atoms with van der Waals surface area (Å²) in [6.45, 7) is 4.10. The van der Waals surface area contributed by atoms with Gasteiger partial charge in [-0.2, -0.15) is 0 Å². The fraction of sp³-hybridized carbons (Fsp3) is 0.833. The molecule has 0 aromatic heterocycles. The van der Waals surface area contributed by atoms with E-state index >= 15 is 0 Å². The number of hydrogen-bond donors (Lipinski definition) is 1. The number of thiol groups is 1. The van der Waals surface area contributed by atoms with Gasteiger partial charge in [0.1, 0.15) is 0 Å². The molecule has 0 fully saturated rings.